The first-order valence-electron chi connectivity index (χ1n) is 11.2. The van der Waals surface area contributed by atoms with Crippen LogP contribution in [0.25, 0.3) is 17.1 Å². The highest BCUT2D eigenvalue weighted by Crippen LogP contribution is 2.18. The number of aryl methyl sites for hydroxylation is 1. The Morgan fingerprint density at radius 1 is 0.970 bits per heavy atom. The molecule has 2 aromatic heterocycles. The quantitative estimate of drug-likeness (QED) is 0.304. The number of nitrogens with one attached hydrogen (secondary N) is 2. The van der Waals surface area contributed by atoms with Crippen molar-refractivity contribution in [1.82, 2.24) is 30.6 Å². The molecule has 0 aliphatic carbocycles. The lowest BCUT2D eigenvalue weighted by molar-refractivity contribution is 0.423. The fraction of sp³-hybridized carbons (Fsp3) is 0.280. The molecular weight excluding hydrogens is 414 g/mol. The summed E-state index contributed by atoms with van der Waals surface area (Å²) in [5, 5.41) is 15.0. The molecule has 8 heteroatoms. The second-order valence-electron chi connectivity index (χ2n) is 7.61. The Labute approximate surface area is 193 Å². The average Bonchev–Trinajstić information content (AvgIpc) is 3.56. The standard InChI is InChI=1S/C25H29N7O/c1-3-23-30-24(33-31-23)21-9-5-19(6-10-21)13-16-27-25(26-2)28-17-14-20-7-11-22(12-8-20)32-18-4-15-29-32/h4-12,15,18H,3,13-14,16-17H2,1-2H3,(H2,26,27,28). The molecule has 8 nitrogen and oxygen atoms in total. The maximum Gasteiger partial charge on any atom is 0.257 e. The highest BCUT2D eigenvalue weighted by atomic mass is 16.5. The van der Waals surface area contributed by atoms with Crippen LogP contribution >= 0.6 is 0 Å². The van der Waals surface area contributed by atoms with Gasteiger partial charge in [-0.25, -0.2) is 4.68 Å². The van der Waals surface area contributed by atoms with Crippen molar-refractivity contribution < 1.29 is 4.52 Å². The predicted octanol–water partition coefficient (Wildman–Crippen LogP) is 3.43. The SMILES string of the molecule is CCc1noc(-c2ccc(CCNC(=NC)NCCc3ccc(-n4cccn4)cc3)cc2)n1. The summed E-state index contributed by atoms with van der Waals surface area (Å²) in [6, 6.07) is 18.6. The van der Waals surface area contributed by atoms with Crippen LogP contribution in [0, 0.1) is 0 Å². The summed E-state index contributed by atoms with van der Waals surface area (Å²) < 4.78 is 7.16. The van der Waals surface area contributed by atoms with Gasteiger partial charge in [-0.2, -0.15) is 10.1 Å². The third-order valence-electron chi connectivity index (χ3n) is 5.33. The highest BCUT2D eigenvalue weighted by molar-refractivity contribution is 5.79. The second-order valence-corrected chi connectivity index (χ2v) is 7.61. The van der Waals surface area contributed by atoms with E-state index < -0.39 is 0 Å². The van der Waals surface area contributed by atoms with Gasteiger partial charge in [0.2, 0.25) is 0 Å². The van der Waals surface area contributed by atoms with Crippen LogP contribution in [-0.4, -0.2) is 46.0 Å². The highest BCUT2D eigenvalue weighted by Gasteiger charge is 2.07. The van der Waals surface area contributed by atoms with Crippen molar-refractivity contribution in [2.24, 2.45) is 4.99 Å². The minimum atomic E-state index is 0.567. The molecule has 0 saturated carbocycles. The van der Waals surface area contributed by atoms with Gasteiger partial charge in [-0.15, -0.1) is 0 Å². The third kappa shape index (κ3) is 6.06. The zero-order chi connectivity index (χ0) is 22.9. The summed E-state index contributed by atoms with van der Waals surface area (Å²) in [6.45, 7) is 3.60. The first-order valence-corrected chi connectivity index (χ1v) is 11.2. The lowest BCUT2D eigenvalue weighted by atomic mass is 10.1. The zero-order valence-corrected chi connectivity index (χ0v) is 19.0. The average molecular weight is 444 g/mol. The van der Waals surface area contributed by atoms with Crippen molar-refractivity contribution in [3.63, 3.8) is 0 Å². The Morgan fingerprint density at radius 3 is 2.18 bits per heavy atom. The van der Waals surface area contributed by atoms with Crippen LogP contribution in [0.1, 0.15) is 23.9 Å². The van der Waals surface area contributed by atoms with E-state index in [0.29, 0.717) is 5.89 Å². The molecule has 4 aromatic rings. The number of hydrogen-bond donors (Lipinski definition) is 2. The first-order chi connectivity index (χ1) is 16.2. The van der Waals surface area contributed by atoms with Crippen LogP contribution in [0.3, 0.4) is 0 Å². The van der Waals surface area contributed by atoms with Gasteiger partial charge in [-0.3, -0.25) is 4.99 Å². The molecule has 0 amide bonds. The van der Waals surface area contributed by atoms with E-state index in [-0.39, 0.29) is 0 Å². The monoisotopic (exact) mass is 443 g/mol. The summed E-state index contributed by atoms with van der Waals surface area (Å²) >= 11 is 0. The van der Waals surface area contributed by atoms with E-state index in [1.165, 1.54) is 11.1 Å². The van der Waals surface area contributed by atoms with Crippen LogP contribution in [0.5, 0.6) is 0 Å². The summed E-state index contributed by atoms with van der Waals surface area (Å²) in [5.74, 6) is 2.10. The summed E-state index contributed by atoms with van der Waals surface area (Å²) in [6.07, 6.45) is 6.29. The molecule has 0 saturated heterocycles. The molecule has 0 radical (unpaired) electrons. The molecule has 0 spiro atoms. The first kappa shape index (κ1) is 22.3. The number of guanidine groups is 1. The smallest absolute Gasteiger partial charge is 0.257 e. The number of hydrogen-bond acceptors (Lipinski definition) is 5. The lowest BCUT2D eigenvalue weighted by Crippen LogP contribution is -2.39. The van der Waals surface area contributed by atoms with Crippen LogP contribution in [-0.2, 0) is 19.3 Å². The third-order valence-corrected chi connectivity index (χ3v) is 5.33. The molecule has 0 unspecified atom stereocenters. The summed E-state index contributed by atoms with van der Waals surface area (Å²) in [4.78, 5) is 8.69. The van der Waals surface area contributed by atoms with Gasteiger partial charge in [0.05, 0.1) is 5.69 Å². The van der Waals surface area contributed by atoms with E-state index in [4.69, 9.17) is 4.52 Å². The van der Waals surface area contributed by atoms with Crippen LogP contribution in [0.15, 0.2) is 76.5 Å². The lowest BCUT2D eigenvalue weighted by Gasteiger charge is -2.12. The minimum Gasteiger partial charge on any atom is -0.356 e. The van der Waals surface area contributed by atoms with Crippen LogP contribution in [0.2, 0.25) is 0 Å². The van der Waals surface area contributed by atoms with E-state index in [1.807, 2.05) is 36.0 Å². The van der Waals surface area contributed by atoms with Gasteiger partial charge in [0.1, 0.15) is 0 Å². The number of benzene rings is 2. The molecule has 2 aromatic carbocycles. The van der Waals surface area contributed by atoms with Crippen molar-refractivity contribution in [3.8, 4) is 17.1 Å². The molecule has 0 aliphatic heterocycles. The molecular formula is C25H29N7O. The topological polar surface area (TPSA) is 93.2 Å². The fourth-order valence-electron chi connectivity index (χ4n) is 3.44. The molecule has 0 aliphatic rings. The number of rotatable bonds is 9. The fourth-order valence-corrected chi connectivity index (χ4v) is 3.44. The normalized spacial score (nSPS) is 11.5. The maximum absolute atomic E-state index is 5.30. The largest absolute Gasteiger partial charge is 0.356 e. The van der Waals surface area contributed by atoms with E-state index in [0.717, 1.165) is 55.4 Å². The number of nitrogens with zero attached hydrogens (tertiary/aromatic N) is 5. The van der Waals surface area contributed by atoms with E-state index in [2.05, 4.69) is 67.3 Å². The molecule has 2 heterocycles. The molecule has 0 fully saturated rings. The van der Waals surface area contributed by atoms with Gasteiger partial charge in [-0.05, 0) is 54.3 Å². The van der Waals surface area contributed by atoms with Crippen molar-refractivity contribution >= 4 is 5.96 Å². The van der Waals surface area contributed by atoms with Gasteiger partial charge >= 0.3 is 0 Å². The van der Waals surface area contributed by atoms with Gasteiger partial charge in [0.15, 0.2) is 11.8 Å². The minimum absolute atomic E-state index is 0.567. The predicted molar refractivity (Wildman–Crippen MR) is 129 cm³/mol. The molecule has 0 bridgehead atoms. The molecule has 170 valence electrons. The molecule has 2 N–H and O–H groups in total. The van der Waals surface area contributed by atoms with Crippen LogP contribution < -0.4 is 10.6 Å². The van der Waals surface area contributed by atoms with Gasteiger partial charge in [-0.1, -0.05) is 36.3 Å². The van der Waals surface area contributed by atoms with Crippen molar-refractivity contribution in [3.05, 3.63) is 83.9 Å². The molecule has 4 rings (SSSR count). The van der Waals surface area contributed by atoms with E-state index >= 15 is 0 Å². The van der Waals surface area contributed by atoms with E-state index in [9.17, 15) is 0 Å². The van der Waals surface area contributed by atoms with Crippen molar-refractivity contribution in [1.29, 1.82) is 0 Å². The Morgan fingerprint density at radius 2 is 1.64 bits per heavy atom. The Bertz CT molecular complexity index is 1150. The Balaban J connectivity index is 1.19. The van der Waals surface area contributed by atoms with Crippen molar-refractivity contribution in [2.45, 2.75) is 26.2 Å². The zero-order valence-electron chi connectivity index (χ0n) is 19.0. The van der Waals surface area contributed by atoms with Crippen LogP contribution in [0.4, 0.5) is 0 Å². The molecule has 0 atom stereocenters. The van der Waals surface area contributed by atoms with Gasteiger partial charge in [0, 0.05) is 44.5 Å². The number of aromatic nitrogens is 4. The maximum atomic E-state index is 5.30. The van der Waals surface area contributed by atoms with Gasteiger partial charge in [0.25, 0.3) is 5.89 Å². The Kier molecular flexibility index (Phi) is 7.48. The van der Waals surface area contributed by atoms with Gasteiger partial charge < -0.3 is 15.2 Å². The Hall–Kier alpha value is -3.94. The second kappa shape index (κ2) is 11.1. The molecule has 33 heavy (non-hydrogen) atoms. The summed E-state index contributed by atoms with van der Waals surface area (Å²) in [5.41, 5.74) is 4.49. The summed E-state index contributed by atoms with van der Waals surface area (Å²) in [7, 11) is 1.79. The van der Waals surface area contributed by atoms with Crippen molar-refractivity contribution in [2.75, 3.05) is 20.1 Å². The van der Waals surface area contributed by atoms with E-state index in [1.54, 1.807) is 13.2 Å². The number of aliphatic imine (C=N–C) groups is 1.